The SMILES string of the molecule is Cc1cccc2c1N(C(=O)c1ccc(Cl)cc1)CCC2. The van der Waals surface area contributed by atoms with Crippen LogP contribution in [0.5, 0.6) is 0 Å². The summed E-state index contributed by atoms with van der Waals surface area (Å²) in [5.41, 5.74) is 4.19. The van der Waals surface area contributed by atoms with Crippen LogP contribution in [0.4, 0.5) is 5.69 Å². The first-order valence-corrected chi connectivity index (χ1v) is 7.20. The number of nitrogens with zero attached hydrogens (tertiary/aromatic N) is 1. The van der Waals surface area contributed by atoms with E-state index >= 15 is 0 Å². The van der Waals surface area contributed by atoms with Gasteiger partial charge in [0.2, 0.25) is 0 Å². The maximum Gasteiger partial charge on any atom is 0.258 e. The van der Waals surface area contributed by atoms with E-state index in [4.69, 9.17) is 11.6 Å². The lowest BCUT2D eigenvalue weighted by Crippen LogP contribution is -2.36. The van der Waals surface area contributed by atoms with Crippen molar-refractivity contribution < 1.29 is 4.79 Å². The molecule has 102 valence electrons. The summed E-state index contributed by atoms with van der Waals surface area (Å²) in [7, 11) is 0. The topological polar surface area (TPSA) is 20.3 Å². The van der Waals surface area contributed by atoms with Crippen molar-refractivity contribution in [2.45, 2.75) is 19.8 Å². The number of aryl methyl sites for hydroxylation is 2. The predicted octanol–water partition coefficient (Wildman–Crippen LogP) is 4.24. The van der Waals surface area contributed by atoms with Crippen molar-refractivity contribution in [1.29, 1.82) is 0 Å². The molecule has 1 aliphatic heterocycles. The fourth-order valence-electron chi connectivity index (χ4n) is 2.80. The Morgan fingerprint density at radius 1 is 1.15 bits per heavy atom. The minimum Gasteiger partial charge on any atom is -0.308 e. The molecule has 2 aromatic rings. The highest BCUT2D eigenvalue weighted by Crippen LogP contribution is 2.31. The van der Waals surface area contributed by atoms with E-state index in [1.54, 1.807) is 24.3 Å². The van der Waals surface area contributed by atoms with Gasteiger partial charge < -0.3 is 4.90 Å². The van der Waals surface area contributed by atoms with Gasteiger partial charge in [0.1, 0.15) is 0 Å². The Bertz CT molecular complexity index is 649. The summed E-state index contributed by atoms with van der Waals surface area (Å²) in [5.74, 6) is 0.0527. The average molecular weight is 286 g/mol. The molecule has 3 heteroatoms. The van der Waals surface area contributed by atoms with Gasteiger partial charge in [-0.15, -0.1) is 0 Å². The van der Waals surface area contributed by atoms with Crippen LogP contribution in [0.25, 0.3) is 0 Å². The Labute approximate surface area is 124 Å². The highest BCUT2D eigenvalue weighted by Gasteiger charge is 2.24. The predicted molar refractivity (Wildman–Crippen MR) is 82.6 cm³/mol. The van der Waals surface area contributed by atoms with Gasteiger partial charge in [-0.3, -0.25) is 4.79 Å². The van der Waals surface area contributed by atoms with Crippen LogP contribution in [0.15, 0.2) is 42.5 Å². The van der Waals surface area contributed by atoms with Crippen molar-refractivity contribution in [2.75, 3.05) is 11.4 Å². The van der Waals surface area contributed by atoms with Crippen molar-refractivity contribution in [3.63, 3.8) is 0 Å². The van der Waals surface area contributed by atoms with Crippen molar-refractivity contribution >= 4 is 23.2 Å². The van der Waals surface area contributed by atoms with Crippen LogP contribution in [-0.4, -0.2) is 12.5 Å². The molecule has 0 saturated heterocycles. The number of carbonyl (C=O) groups is 1. The van der Waals surface area contributed by atoms with Crippen molar-refractivity contribution in [3.05, 3.63) is 64.2 Å². The zero-order valence-electron chi connectivity index (χ0n) is 11.4. The maximum absolute atomic E-state index is 12.7. The first-order chi connectivity index (χ1) is 9.66. The van der Waals surface area contributed by atoms with Crippen LogP contribution >= 0.6 is 11.6 Å². The summed E-state index contributed by atoms with van der Waals surface area (Å²) in [6.07, 6.45) is 2.05. The van der Waals surface area contributed by atoms with Gasteiger partial charge in [0.25, 0.3) is 5.91 Å². The van der Waals surface area contributed by atoms with E-state index in [2.05, 4.69) is 25.1 Å². The van der Waals surface area contributed by atoms with Gasteiger partial charge in [0.05, 0.1) is 5.69 Å². The lowest BCUT2D eigenvalue weighted by atomic mass is 9.97. The molecule has 1 aliphatic rings. The molecule has 1 heterocycles. The van der Waals surface area contributed by atoms with E-state index < -0.39 is 0 Å². The number of rotatable bonds is 1. The molecule has 0 aromatic heterocycles. The lowest BCUT2D eigenvalue weighted by Gasteiger charge is -2.31. The van der Waals surface area contributed by atoms with Crippen LogP contribution in [-0.2, 0) is 6.42 Å². The highest BCUT2D eigenvalue weighted by atomic mass is 35.5. The summed E-state index contributed by atoms with van der Waals surface area (Å²) in [6.45, 7) is 2.84. The molecule has 20 heavy (non-hydrogen) atoms. The Balaban J connectivity index is 2.00. The second-order valence-corrected chi connectivity index (χ2v) is 5.59. The standard InChI is InChI=1S/C17H16ClNO/c1-12-4-2-5-13-6-3-11-19(16(12)13)17(20)14-7-9-15(18)10-8-14/h2,4-5,7-10H,3,6,11H2,1H3. The van der Waals surface area contributed by atoms with Crippen LogP contribution in [0, 0.1) is 6.92 Å². The zero-order chi connectivity index (χ0) is 14.1. The van der Waals surface area contributed by atoms with E-state index in [1.165, 1.54) is 5.56 Å². The summed E-state index contributed by atoms with van der Waals surface area (Å²) >= 11 is 5.88. The summed E-state index contributed by atoms with van der Waals surface area (Å²) in [6, 6.07) is 13.3. The van der Waals surface area contributed by atoms with Gasteiger partial charge in [-0.2, -0.15) is 0 Å². The molecular weight excluding hydrogens is 270 g/mol. The molecule has 0 spiro atoms. The summed E-state index contributed by atoms with van der Waals surface area (Å²) in [5, 5.41) is 0.650. The maximum atomic E-state index is 12.7. The molecule has 2 aromatic carbocycles. The van der Waals surface area contributed by atoms with Gasteiger partial charge in [-0.25, -0.2) is 0 Å². The monoisotopic (exact) mass is 285 g/mol. The van der Waals surface area contributed by atoms with Gasteiger partial charge in [-0.1, -0.05) is 29.8 Å². The van der Waals surface area contributed by atoms with E-state index in [9.17, 15) is 4.79 Å². The number of hydrogen-bond acceptors (Lipinski definition) is 1. The van der Waals surface area contributed by atoms with E-state index in [0.29, 0.717) is 10.6 Å². The van der Waals surface area contributed by atoms with Crippen LogP contribution < -0.4 is 4.90 Å². The second kappa shape index (κ2) is 5.29. The normalized spacial score (nSPS) is 14.0. The van der Waals surface area contributed by atoms with Crippen molar-refractivity contribution in [2.24, 2.45) is 0 Å². The Morgan fingerprint density at radius 3 is 2.65 bits per heavy atom. The molecule has 0 saturated carbocycles. The largest absolute Gasteiger partial charge is 0.308 e. The minimum absolute atomic E-state index is 0.0527. The number of halogens is 1. The van der Waals surface area contributed by atoms with Crippen molar-refractivity contribution in [1.82, 2.24) is 0 Å². The smallest absolute Gasteiger partial charge is 0.258 e. The van der Waals surface area contributed by atoms with Gasteiger partial charge in [0, 0.05) is 17.1 Å². The molecule has 0 fully saturated rings. The average Bonchev–Trinajstić information content (AvgIpc) is 2.47. The third-order valence-corrected chi connectivity index (χ3v) is 4.01. The molecule has 2 nitrogen and oxygen atoms in total. The Hall–Kier alpha value is -1.80. The summed E-state index contributed by atoms with van der Waals surface area (Å²) in [4.78, 5) is 14.6. The lowest BCUT2D eigenvalue weighted by molar-refractivity contribution is 0.0985. The molecular formula is C17H16ClNO. The second-order valence-electron chi connectivity index (χ2n) is 5.15. The van der Waals surface area contributed by atoms with Crippen LogP contribution in [0.2, 0.25) is 5.02 Å². The van der Waals surface area contributed by atoms with Gasteiger partial charge in [0.15, 0.2) is 0 Å². The van der Waals surface area contributed by atoms with Gasteiger partial charge in [-0.05, 0) is 55.2 Å². The van der Waals surface area contributed by atoms with Crippen LogP contribution in [0.3, 0.4) is 0 Å². The number of carbonyl (C=O) groups excluding carboxylic acids is 1. The van der Waals surface area contributed by atoms with E-state index in [0.717, 1.165) is 30.6 Å². The number of amides is 1. The van der Waals surface area contributed by atoms with E-state index in [-0.39, 0.29) is 5.91 Å². The fourth-order valence-corrected chi connectivity index (χ4v) is 2.92. The minimum atomic E-state index is 0.0527. The molecule has 3 rings (SSSR count). The fraction of sp³-hybridized carbons (Fsp3) is 0.235. The molecule has 0 bridgehead atoms. The quantitative estimate of drug-likeness (QED) is 0.767. The zero-order valence-corrected chi connectivity index (χ0v) is 12.2. The molecule has 0 radical (unpaired) electrons. The van der Waals surface area contributed by atoms with Crippen LogP contribution in [0.1, 0.15) is 27.9 Å². The number of hydrogen-bond donors (Lipinski definition) is 0. The Morgan fingerprint density at radius 2 is 1.90 bits per heavy atom. The third kappa shape index (κ3) is 2.32. The first kappa shape index (κ1) is 13.2. The molecule has 0 unspecified atom stereocenters. The molecule has 1 amide bonds. The Kier molecular flexibility index (Phi) is 3.49. The summed E-state index contributed by atoms with van der Waals surface area (Å²) < 4.78 is 0. The van der Waals surface area contributed by atoms with E-state index in [1.807, 2.05) is 4.90 Å². The molecule has 0 atom stereocenters. The third-order valence-electron chi connectivity index (χ3n) is 3.76. The number of benzene rings is 2. The number of fused-ring (bicyclic) bond motifs is 1. The number of anilines is 1. The highest BCUT2D eigenvalue weighted by molar-refractivity contribution is 6.30. The van der Waals surface area contributed by atoms with Gasteiger partial charge >= 0.3 is 0 Å². The number of para-hydroxylation sites is 1. The van der Waals surface area contributed by atoms with Crippen molar-refractivity contribution in [3.8, 4) is 0 Å². The molecule has 0 aliphatic carbocycles. The molecule has 0 N–H and O–H groups in total. The first-order valence-electron chi connectivity index (χ1n) is 6.83.